The van der Waals surface area contributed by atoms with E-state index in [0.717, 1.165) is 51.6 Å². The molecule has 2 aliphatic rings. The van der Waals surface area contributed by atoms with Crippen LogP contribution in [-0.2, 0) is 0 Å². The minimum atomic E-state index is 0.318. The number of allylic oxidation sites excluding steroid dienone is 1. The molecular formula is C50H38N4. The van der Waals surface area contributed by atoms with Gasteiger partial charge in [0.25, 0.3) is 0 Å². The van der Waals surface area contributed by atoms with Crippen molar-refractivity contribution in [2.24, 2.45) is 5.92 Å². The smallest absolute Gasteiger partial charge is 0.165 e. The molecule has 4 nitrogen and oxygen atoms in total. The lowest BCUT2D eigenvalue weighted by molar-refractivity contribution is 0.733. The van der Waals surface area contributed by atoms with E-state index in [1.165, 1.54) is 60.5 Å². The predicted octanol–water partition coefficient (Wildman–Crippen LogP) is 11.0. The van der Waals surface area contributed by atoms with Gasteiger partial charge in [-0.15, -0.1) is 0 Å². The average Bonchev–Trinajstić information content (AvgIpc) is 3.74. The molecule has 54 heavy (non-hydrogen) atoms. The molecule has 4 heteroatoms. The Hall–Kier alpha value is -6.52. The van der Waals surface area contributed by atoms with Gasteiger partial charge in [0.2, 0.25) is 0 Å². The Bertz CT molecular complexity index is 3130. The van der Waals surface area contributed by atoms with Crippen molar-refractivity contribution < 1.29 is 0 Å². The third-order valence-corrected chi connectivity index (χ3v) is 11.6. The van der Waals surface area contributed by atoms with Crippen molar-refractivity contribution >= 4 is 67.3 Å². The molecule has 258 valence electrons. The number of hydrogen-bond donors (Lipinski definition) is 0. The summed E-state index contributed by atoms with van der Waals surface area (Å²) in [5.74, 6) is 1.61. The topological polar surface area (TPSA) is 35.6 Å². The molecule has 2 aliphatic carbocycles. The van der Waals surface area contributed by atoms with Crippen LogP contribution in [0, 0.1) is 5.92 Å². The van der Waals surface area contributed by atoms with Crippen LogP contribution in [0.5, 0.6) is 0 Å². The van der Waals surface area contributed by atoms with Gasteiger partial charge in [0.15, 0.2) is 5.82 Å². The number of para-hydroxylation sites is 2. The fourth-order valence-electron chi connectivity index (χ4n) is 9.16. The highest BCUT2D eigenvalue weighted by molar-refractivity contribution is 6.15. The fourth-order valence-corrected chi connectivity index (χ4v) is 9.16. The summed E-state index contributed by atoms with van der Waals surface area (Å²) in [5, 5.41) is 8.27. The Balaban J connectivity index is 1.15. The quantitative estimate of drug-likeness (QED) is 0.184. The lowest BCUT2D eigenvalue weighted by atomic mass is 9.84. The van der Waals surface area contributed by atoms with Gasteiger partial charge < -0.3 is 4.57 Å². The Labute approximate surface area is 313 Å². The largest absolute Gasteiger partial charge is 0.313 e. The molecule has 9 aromatic rings. The van der Waals surface area contributed by atoms with Crippen LogP contribution in [0.25, 0.3) is 90.0 Å². The maximum atomic E-state index is 5.41. The summed E-state index contributed by atoms with van der Waals surface area (Å²) in [6.07, 6.45) is 8.94. The van der Waals surface area contributed by atoms with E-state index in [9.17, 15) is 0 Å². The number of rotatable bonds is 4. The van der Waals surface area contributed by atoms with Gasteiger partial charge in [-0.05, 0) is 83.1 Å². The monoisotopic (exact) mass is 694 g/mol. The first-order chi connectivity index (χ1) is 26.6. The molecule has 3 heterocycles. The van der Waals surface area contributed by atoms with Crippen LogP contribution in [0.2, 0.25) is 0 Å². The second kappa shape index (κ2) is 12.0. The van der Waals surface area contributed by atoms with Crippen molar-refractivity contribution in [3.05, 3.63) is 167 Å². The normalized spacial score (nSPS) is 16.6. The van der Waals surface area contributed by atoms with E-state index >= 15 is 0 Å². The molecule has 0 saturated heterocycles. The summed E-state index contributed by atoms with van der Waals surface area (Å²) in [4.78, 5) is 10.7. The third kappa shape index (κ3) is 4.69. The first kappa shape index (κ1) is 31.0. The number of nitrogens with zero attached hydrogens (tertiary/aromatic N) is 4. The van der Waals surface area contributed by atoms with Crippen molar-refractivity contribution in [2.45, 2.75) is 32.6 Å². The van der Waals surface area contributed by atoms with E-state index in [2.05, 4.69) is 181 Å². The fraction of sp³-hybridized carbons (Fsp3) is 0.120. The standard InChI is InChI=1S/C50H38N4/c1-31-21-24-42-43(27-31)52-50(48(51-42)34-14-5-3-6-15-34)54-44-20-12-11-19-39(44)40-29-35(23-25-45(40)54)36-28-32(2)49-41(30-36)47-38-18-10-9-13-33(38)22-26-46(47)53(49)37-16-7-4-8-17-37/h3-20,22-27,29-32H,21,28H2,1-2H3. The summed E-state index contributed by atoms with van der Waals surface area (Å²) in [6.45, 7) is 4.64. The van der Waals surface area contributed by atoms with Crippen LogP contribution < -0.4 is 10.7 Å². The van der Waals surface area contributed by atoms with E-state index in [1.54, 1.807) is 0 Å². The lowest BCUT2D eigenvalue weighted by Crippen LogP contribution is -2.36. The highest BCUT2D eigenvalue weighted by Gasteiger charge is 2.28. The maximum absolute atomic E-state index is 5.41. The summed E-state index contributed by atoms with van der Waals surface area (Å²) in [5.41, 5.74) is 12.1. The number of benzene rings is 6. The number of aromatic nitrogens is 4. The van der Waals surface area contributed by atoms with E-state index in [1.807, 2.05) is 0 Å². The number of hydrogen-bond acceptors (Lipinski definition) is 2. The zero-order valence-corrected chi connectivity index (χ0v) is 30.4. The number of fused-ring (bicyclic) bond motifs is 9. The van der Waals surface area contributed by atoms with Gasteiger partial charge >= 0.3 is 0 Å². The van der Waals surface area contributed by atoms with Crippen molar-refractivity contribution in [3.63, 3.8) is 0 Å². The van der Waals surface area contributed by atoms with Crippen LogP contribution in [0.4, 0.5) is 0 Å². The van der Waals surface area contributed by atoms with Crippen molar-refractivity contribution in [1.29, 1.82) is 0 Å². The van der Waals surface area contributed by atoms with Gasteiger partial charge in [-0.3, -0.25) is 4.57 Å². The van der Waals surface area contributed by atoms with E-state index in [0.29, 0.717) is 11.8 Å². The zero-order chi connectivity index (χ0) is 35.9. The second-order valence-corrected chi connectivity index (χ2v) is 15.1. The average molecular weight is 695 g/mol. The molecule has 0 bridgehead atoms. The van der Waals surface area contributed by atoms with Crippen LogP contribution in [0.15, 0.2) is 140 Å². The molecular weight excluding hydrogens is 657 g/mol. The highest BCUT2D eigenvalue weighted by Crippen LogP contribution is 2.46. The van der Waals surface area contributed by atoms with Crippen molar-refractivity contribution in [2.75, 3.05) is 0 Å². The molecule has 0 radical (unpaired) electrons. The predicted molar refractivity (Wildman–Crippen MR) is 225 cm³/mol. The summed E-state index contributed by atoms with van der Waals surface area (Å²) in [6, 6.07) is 50.6. The zero-order valence-electron chi connectivity index (χ0n) is 30.4. The molecule has 0 N–H and O–H groups in total. The summed E-state index contributed by atoms with van der Waals surface area (Å²) < 4.78 is 4.85. The molecule has 0 saturated carbocycles. The van der Waals surface area contributed by atoms with Crippen molar-refractivity contribution in [3.8, 4) is 22.8 Å². The molecule has 0 aliphatic heterocycles. The Morgan fingerprint density at radius 3 is 2.17 bits per heavy atom. The highest BCUT2D eigenvalue weighted by atomic mass is 15.1. The Kier molecular flexibility index (Phi) is 6.90. The van der Waals surface area contributed by atoms with E-state index < -0.39 is 0 Å². The maximum Gasteiger partial charge on any atom is 0.165 e. The summed E-state index contributed by atoms with van der Waals surface area (Å²) in [7, 11) is 0. The van der Waals surface area contributed by atoms with Gasteiger partial charge in [0.1, 0.15) is 5.69 Å². The van der Waals surface area contributed by atoms with Crippen LogP contribution in [-0.4, -0.2) is 19.1 Å². The summed E-state index contributed by atoms with van der Waals surface area (Å²) >= 11 is 0. The van der Waals surface area contributed by atoms with Crippen LogP contribution >= 0.6 is 0 Å². The van der Waals surface area contributed by atoms with Gasteiger partial charge in [-0.2, -0.15) is 0 Å². The van der Waals surface area contributed by atoms with Crippen LogP contribution in [0.1, 0.15) is 49.4 Å². The molecule has 0 amide bonds. The minimum Gasteiger partial charge on any atom is -0.313 e. The van der Waals surface area contributed by atoms with E-state index in [-0.39, 0.29) is 0 Å². The Morgan fingerprint density at radius 1 is 0.593 bits per heavy atom. The molecule has 0 fully saturated rings. The molecule has 2 atom stereocenters. The molecule has 2 unspecified atom stereocenters. The second-order valence-electron chi connectivity index (χ2n) is 15.1. The Morgan fingerprint density at radius 2 is 1.31 bits per heavy atom. The SMILES string of the molecule is CC1C=c2nc(-n3c4ccccc4c4cc(C5=Cc6c(n(-c7ccccc7)c7ccc8ccccc8c67)C(C)C5)ccc43)c(-c3ccccc3)nc2=CC1. The lowest BCUT2D eigenvalue weighted by Gasteiger charge is -2.24. The van der Waals surface area contributed by atoms with E-state index in [4.69, 9.17) is 9.97 Å². The van der Waals surface area contributed by atoms with Gasteiger partial charge in [0, 0.05) is 44.6 Å². The minimum absolute atomic E-state index is 0.318. The molecule has 0 spiro atoms. The van der Waals surface area contributed by atoms with Gasteiger partial charge in [-0.1, -0.05) is 129 Å². The molecule has 3 aromatic heterocycles. The first-order valence-corrected chi connectivity index (χ1v) is 19.1. The molecule has 11 rings (SSSR count). The molecule has 6 aromatic carbocycles. The first-order valence-electron chi connectivity index (χ1n) is 19.1. The van der Waals surface area contributed by atoms with Crippen molar-refractivity contribution in [1.82, 2.24) is 19.1 Å². The third-order valence-electron chi connectivity index (χ3n) is 11.6. The van der Waals surface area contributed by atoms with Gasteiger partial charge in [-0.25, -0.2) is 9.97 Å². The van der Waals surface area contributed by atoms with Gasteiger partial charge in [0.05, 0.1) is 27.2 Å². The van der Waals surface area contributed by atoms with Crippen LogP contribution in [0.3, 0.4) is 0 Å².